The minimum Gasteiger partial charge on any atom is -0.475 e. The number of halogens is 6. The number of carboxylic acid groups (broad SMARTS) is 2. The Balaban J connectivity index is 0.000000271. The van der Waals surface area contributed by atoms with Gasteiger partial charge in [0.25, 0.3) is 0 Å². The second kappa shape index (κ2) is 12.1. The van der Waals surface area contributed by atoms with Crippen LogP contribution in [0.25, 0.3) is 0 Å². The Morgan fingerprint density at radius 3 is 1.86 bits per heavy atom. The molecule has 4 rings (SSSR count). The van der Waals surface area contributed by atoms with Gasteiger partial charge in [-0.3, -0.25) is 4.90 Å². The third-order valence-electron chi connectivity index (χ3n) is 5.63. The van der Waals surface area contributed by atoms with E-state index in [1.54, 1.807) is 6.26 Å². The minimum absolute atomic E-state index is 0.457. The van der Waals surface area contributed by atoms with Crippen molar-refractivity contribution in [2.45, 2.75) is 38.2 Å². The molecule has 2 aliphatic rings. The standard InChI is InChI=1S/C17H22N4O.2C2HF3O2/c1-3-15(22-12-1)13-20-9-4-17(5-10-20)6-11-21(14-17)16-18-7-2-8-19-16;2*3-2(4,5)1(6)7/h1-3,7-8,12H,4-6,9-11,13-14H2;2*(H,6,7). The van der Waals surface area contributed by atoms with E-state index in [2.05, 4.69) is 25.8 Å². The van der Waals surface area contributed by atoms with Crippen LogP contribution in [0.4, 0.5) is 32.3 Å². The summed E-state index contributed by atoms with van der Waals surface area (Å²) in [5, 5.41) is 14.2. The van der Waals surface area contributed by atoms with Crippen molar-refractivity contribution in [3.63, 3.8) is 0 Å². The lowest BCUT2D eigenvalue weighted by Gasteiger charge is -2.38. The first kappa shape index (κ1) is 28.9. The number of nitrogens with zero attached hydrogens (tertiary/aromatic N) is 4. The average molecular weight is 526 g/mol. The molecule has 0 aliphatic carbocycles. The summed E-state index contributed by atoms with van der Waals surface area (Å²) >= 11 is 0. The summed E-state index contributed by atoms with van der Waals surface area (Å²) in [4.78, 5) is 31.4. The van der Waals surface area contributed by atoms with Crippen molar-refractivity contribution in [3.05, 3.63) is 42.6 Å². The van der Waals surface area contributed by atoms with Crippen molar-refractivity contribution in [1.29, 1.82) is 0 Å². The molecule has 0 saturated carbocycles. The fourth-order valence-corrected chi connectivity index (χ4v) is 3.78. The molecule has 2 aromatic rings. The van der Waals surface area contributed by atoms with Crippen LogP contribution in [0, 0.1) is 5.41 Å². The predicted octanol–water partition coefficient (Wildman–Crippen LogP) is 3.83. The molecular formula is C21H24F6N4O5. The number of alkyl halides is 6. The molecule has 36 heavy (non-hydrogen) atoms. The van der Waals surface area contributed by atoms with Crippen LogP contribution in [-0.4, -0.2) is 75.6 Å². The smallest absolute Gasteiger partial charge is 0.475 e. The van der Waals surface area contributed by atoms with Gasteiger partial charge in [0.05, 0.1) is 12.8 Å². The molecule has 2 aliphatic heterocycles. The molecule has 1 spiro atoms. The number of hydrogen-bond acceptors (Lipinski definition) is 7. The normalized spacial score (nSPS) is 17.6. The minimum atomic E-state index is -5.08. The Hall–Kier alpha value is -3.36. The van der Waals surface area contributed by atoms with Gasteiger partial charge in [0.1, 0.15) is 5.76 Å². The number of aliphatic carboxylic acids is 2. The van der Waals surface area contributed by atoms with Crippen molar-refractivity contribution < 1.29 is 50.6 Å². The first-order valence-corrected chi connectivity index (χ1v) is 10.6. The monoisotopic (exact) mass is 526 g/mol. The summed E-state index contributed by atoms with van der Waals surface area (Å²) in [6.07, 6.45) is -0.956. The van der Waals surface area contributed by atoms with Gasteiger partial charge in [0, 0.05) is 25.5 Å². The zero-order valence-electron chi connectivity index (χ0n) is 18.8. The van der Waals surface area contributed by atoms with Gasteiger partial charge in [-0.05, 0) is 56.0 Å². The third-order valence-corrected chi connectivity index (χ3v) is 5.63. The average Bonchev–Trinajstić information content (AvgIpc) is 3.46. The van der Waals surface area contributed by atoms with Crippen LogP contribution in [0.15, 0.2) is 41.3 Å². The van der Waals surface area contributed by atoms with Gasteiger partial charge in [-0.25, -0.2) is 19.6 Å². The van der Waals surface area contributed by atoms with Crippen LogP contribution < -0.4 is 4.90 Å². The zero-order valence-corrected chi connectivity index (χ0v) is 18.8. The first-order valence-electron chi connectivity index (χ1n) is 10.6. The van der Waals surface area contributed by atoms with E-state index >= 15 is 0 Å². The number of hydrogen-bond donors (Lipinski definition) is 2. The van der Waals surface area contributed by atoms with Crippen LogP contribution >= 0.6 is 0 Å². The molecule has 15 heteroatoms. The van der Waals surface area contributed by atoms with Crippen LogP contribution in [0.1, 0.15) is 25.0 Å². The van der Waals surface area contributed by atoms with Gasteiger partial charge < -0.3 is 19.5 Å². The number of anilines is 1. The highest BCUT2D eigenvalue weighted by molar-refractivity contribution is 5.73. The second-order valence-corrected chi connectivity index (χ2v) is 8.18. The molecule has 0 atom stereocenters. The van der Waals surface area contributed by atoms with Crippen molar-refractivity contribution in [2.75, 3.05) is 31.1 Å². The molecule has 2 fully saturated rings. The molecule has 0 amide bonds. The molecule has 2 N–H and O–H groups in total. The summed E-state index contributed by atoms with van der Waals surface area (Å²) in [7, 11) is 0. The van der Waals surface area contributed by atoms with E-state index in [1.165, 1.54) is 19.3 Å². The number of piperidine rings is 1. The maximum Gasteiger partial charge on any atom is 0.490 e. The van der Waals surface area contributed by atoms with E-state index in [0.29, 0.717) is 5.41 Å². The Labute approximate surface area is 201 Å². The summed E-state index contributed by atoms with van der Waals surface area (Å²) in [5.41, 5.74) is 0.457. The highest BCUT2D eigenvalue weighted by Gasteiger charge is 2.41. The second-order valence-electron chi connectivity index (χ2n) is 8.18. The van der Waals surface area contributed by atoms with Crippen molar-refractivity contribution in [1.82, 2.24) is 14.9 Å². The highest BCUT2D eigenvalue weighted by Crippen LogP contribution is 2.41. The first-order chi connectivity index (χ1) is 16.7. The lowest BCUT2D eigenvalue weighted by molar-refractivity contribution is -0.193. The molecular weight excluding hydrogens is 502 g/mol. The number of furan rings is 1. The largest absolute Gasteiger partial charge is 0.490 e. The van der Waals surface area contributed by atoms with Gasteiger partial charge in [-0.1, -0.05) is 0 Å². The van der Waals surface area contributed by atoms with E-state index in [9.17, 15) is 26.3 Å². The SMILES string of the molecule is O=C(O)C(F)(F)F.O=C(O)C(F)(F)F.c1cnc(N2CCC3(CCN(Cc4ccco4)CC3)C2)nc1. The van der Waals surface area contributed by atoms with Crippen LogP contribution in [0.3, 0.4) is 0 Å². The van der Waals surface area contributed by atoms with Gasteiger partial charge >= 0.3 is 24.3 Å². The maximum atomic E-state index is 10.6. The number of carbonyl (C=O) groups is 2. The molecule has 200 valence electrons. The van der Waals surface area contributed by atoms with Gasteiger partial charge in [-0.15, -0.1) is 0 Å². The summed E-state index contributed by atoms with van der Waals surface area (Å²) in [6, 6.07) is 5.91. The quantitative estimate of drug-likeness (QED) is 0.575. The molecule has 2 aromatic heterocycles. The zero-order chi connectivity index (χ0) is 27.0. The van der Waals surface area contributed by atoms with E-state index in [4.69, 9.17) is 24.2 Å². The summed E-state index contributed by atoms with van der Waals surface area (Å²) in [5.74, 6) is -3.56. The lowest BCUT2D eigenvalue weighted by atomic mass is 9.78. The van der Waals surface area contributed by atoms with E-state index in [1.807, 2.05) is 24.5 Å². The van der Waals surface area contributed by atoms with Gasteiger partial charge in [0.15, 0.2) is 0 Å². The molecule has 2 saturated heterocycles. The third kappa shape index (κ3) is 9.02. The number of carboxylic acids is 2. The Kier molecular flexibility index (Phi) is 9.67. The van der Waals surface area contributed by atoms with Crippen molar-refractivity contribution in [3.8, 4) is 0 Å². The number of aromatic nitrogens is 2. The Morgan fingerprint density at radius 2 is 1.42 bits per heavy atom. The van der Waals surface area contributed by atoms with E-state index < -0.39 is 24.3 Å². The van der Waals surface area contributed by atoms with E-state index in [-0.39, 0.29) is 0 Å². The van der Waals surface area contributed by atoms with E-state index in [0.717, 1.165) is 44.4 Å². The topological polar surface area (TPSA) is 120 Å². The predicted molar refractivity (Wildman–Crippen MR) is 112 cm³/mol. The summed E-state index contributed by atoms with van der Waals surface area (Å²) in [6.45, 7) is 5.44. The lowest BCUT2D eigenvalue weighted by Crippen LogP contribution is -2.41. The van der Waals surface area contributed by atoms with Crippen LogP contribution in [0.2, 0.25) is 0 Å². The Morgan fingerprint density at radius 1 is 0.917 bits per heavy atom. The van der Waals surface area contributed by atoms with Gasteiger partial charge in [-0.2, -0.15) is 26.3 Å². The van der Waals surface area contributed by atoms with Gasteiger partial charge in [0.2, 0.25) is 5.95 Å². The number of rotatable bonds is 3. The Bertz CT molecular complexity index is 937. The highest BCUT2D eigenvalue weighted by atomic mass is 19.4. The fraction of sp³-hybridized carbons (Fsp3) is 0.524. The number of likely N-dealkylation sites (tertiary alicyclic amines) is 1. The molecule has 0 radical (unpaired) electrons. The maximum absolute atomic E-state index is 10.6. The molecule has 9 nitrogen and oxygen atoms in total. The molecule has 0 bridgehead atoms. The molecule has 0 aromatic carbocycles. The molecule has 0 unspecified atom stereocenters. The molecule has 4 heterocycles. The van der Waals surface area contributed by atoms with Crippen molar-refractivity contribution >= 4 is 17.9 Å². The van der Waals surface area contributed by atoms with Crippen LogP contribution in [-0.2, 0) is 16.1 Å². The van der Waals surface area contributed by atoms with Crippen LogP contribution in [0.5, 0.6) is 0 Å². The fourth-order valence-electron chi connectivity index (χ4n) is 3.78. The summed E-state index contributed by atoms with van der Waals surface area (Å²) < 4.78 is 68.9. The van der Waals surface area contributed by atoms with Crippen molar-refractivity contribution in [2.24, 2.45) is 5.41 Å².